The molecule has 0 spiro atoms. The number of anilines is 1. The Balaban J connectivity index is 2.20. The van der Waals surface area contributed by atoms with E-state index in [1.807, 2.05) is 7.05 Å². The molecule has 0 bridgehead atoms. The molecule has 1 heterocycles. The summed E-state index contributed by atoms with van der Waals surface area (Å²) < 4.78 is 0. The van der Waals surface area contributed by atoms with E-state index in [-0.39, 0.29) is 17.1 Å². The van der Waals surface area contributed by atoms with Gasteiger partial charge in [-0.3, -0.25) is 4.79 Å². The highest BCUT2D eigenvalue weighted by molar-refractivity contribution is 5.97. The van der Waals surface area contributed by atoms with Crippen molar-refractivity contribution in [2.24, 2.45) is 5.41 Å². The minimum atomic E-state index is -0.278. The van der Waals surface area contributed by atoms with Crippen LogP contribution in [0.1, 0.15) is 32.6 Å². The molecule has 1 aromatic rings. The lowest BCUT2D eigenvalue weighted by atomic mass is 9.75. The van der Waals surface area contributed by atoms with Gasteiger partial charge in [0.1, 0.15) is 5.75 Å². The third-order valence-corrected chi connectivity index (χ3v) is 4.20. The Hall–Kier alpha value is -1.55. The van der Waals surface area contributed by atoms with Crippen LogP contribution in [0.5, 0.6) is 5.75 Å². The number of phenols is 1. The van der Waals surface area contributed by atoms with E-state index < -0.39 is 0 Å². The predicted octanol–water partition coefficient (Wildman–Crippen LogP) is 2.52. The molecule has 4 heteroatoms. The molecule has 1 amide bonds. The van der Waals surface area contributed by atoms with Crippen LogP contribution in [-0.2, 0) is 4.79 Å². The Labute approximate surface area is 120 Å². The van der Waals surface area contributed by atoms with E-state index >= 15 is 0 Å². The Morgan fingerprint density at radius 2 is 2.10 bits per heavy atom. The van der Waals surface area contributed by atoms with Crippen LogP contribution in [0.3, 0.4) is 0 Å². The molecule has 0 radical (unpaired) electrons. The third-order valence-electron chi connectivity index (χ3n) is 4.20. The van der Waals surface area contributed by atoms with Gasteiger partial charge in [-0.05, 0) is 50.1 Å². The second kappa shape index (κ2) is 6.27. The smallest absolute Gasteiger partial charge is 0.234 e. The van der Waals surface area contributed by atoms with Crippen molar-refractivity contribution in [2.75, 3.05) is 25.0 Å². The average molecular weight is 276 g/mol. The first-order valence-electron chi connectivity index (χ1n) is 7.37. The van der Waals surface area contributed by atoms with Crippen LogP contribution in [0.2, 0.25) is 0 Å². The topological polar surface area (TPSA) is 52.6 Å². The maximum atomic E-state index is 12.9. The maximum absolute atomic E-state index is 12.9. The van der Waals surface area contributed by atoms with E-state index in [1.165, 1.54) is 0 Å². The third kappa shape index (κ3) is 2.96. The zero-order chi connectivity index (χ0) is 14.6. The maximum Gasteiger partial charge on any atom is 0.234 e. The number of phenolic OH excluding ortho intramolecular Hbond substituents is 1. The highest BCUT2D eigenvalue weighted by Crippen LogP contribution is 2.35. The minimum absolute atomic E-state index is 0.178. The SMILES string of the molecule is CCCC1(C(=O)N(C)c2ccc(O)cc2)CCCNC1. The molecule has 2 N–H and O–H groups in total. The molecule has 1 unspecified atom stereocenters. The molecular weight excluding hydrogens is 252 g/mol. The van der Waals surface area contributed by atoms with Crippen LogP contribution in [0, 0.1) is 5.41 Å². The molecule has 1 aliphatic rings. The molecule has 2 rings (SSSR count). The second-order valence-electron chi connectivity index (χ2n) is 5.69. The number of nitrogens with zero attached hydrogens (tertiary/aromatic N) is 1. The van der Waals surface area contributed by atoms with Gasteiger partial charge in [-0.2, -0.15) is 0 Å². The molecular formula is C16H24N2O2. The van der Waals surface area contributed by atoms with Crippen LogP contribution < -0.4 is 10.2 Å². The second-order valence-corrected chi connectivity index (χ2v) is 5.69. The number of benzene rings is 1. The highest BCUT2D eigenvalue weighted by Gasteiger charge is 2.40. The normalized spacial score (nSPS) is 22.5. The number of hydrogen-bond donors (Lipinski definition) is 2. The lowest BCUT2D eigenvalue weighted by Crippen LogP contribution is -2.51. The van der Waals surface area contributed by atoms with Crippen molar-refractivity contribution in [1.29, 1.82) is 0 Å². The van der Waals surface area contributed by atoms with Crippen LogP contribution >= 0.6 is 0 Å². The van der Waals surface area contributed by atoms with Crippen molar-refractivity contribution < 1.29 is 9.90 Å². The summed E-state index contributed by atoms with van der Waals surface area (Å²) in [6, 6.07) is 6.79. The zero-order valence-electron chi connectivity index (χ0n) is 12.4. The number of carbonyl (C=O) groups is 1. The van der Waals surface area contributed by atoms with Gasteiger partial charge in [-0.25, -0.2) is 0 Å². The first-order chi connectivity index (χ1) is 9.59. The molecule has 0 saturated carbocycles. The predicted molar refractivity (Wildman–Crippen MR) is 81.0 cm³/mol. The summed E-state index contributed by atoms with van der Waals surface area (Å²) >= 11 is 0. The van der Waals surface area contributed by atoms with Crippen LogP contribution in [0.4, 0.5) is 5.69 Å². The zero-order valence-corrected chi connectivity index (χ0v) is 12.4. The summed E-state index contributed by atoms with van der Waals surface area (Å²) in [5.41, 5.74) is 0.550. The number of aromatic hydroxyl groups is 1. The molecule has 1 aliphatic heterocycles. The molecule has 1 saturated heterocycles. The quantitative estimate of drug-likeness (QED) is 0.888. The summed E-state index contributed by atoms with van der Waals surface area (Å²) in [4.78, 5) is 14.6. The van der Waals surface area contributed by atoms with Gasteiger partial charge >= 0.3 is 0 Å². The average Bonchev–Trinajstić information content (AvgIpc) is 2.48. The number of amides is 1. The van der Waals surface area contributed by atoms with Gasteiger partial charge in [0, 0.05) is 19.3 Å². The molecule has 0 aliphatic carbocycles. The van der Waals surface area contributed by atoms with Crippen LogP contribution in [-0.4, -0.2) is 31.2 Å². The van der Waals surface area contributed by atoms with E-state index in [4.69, 9.17) is 0 Å². The number of carbonyl (C=O) groups excluding carboxylic acids is 1. The number of rotatable bonds is 4. The fraction of sp³-hybridized carbons (Fsp3) is 0.562. The fourth-order valence-electron chi connectivity index (χ4n) is 3.10. The molecule has 4 nitrogen and oxygen atoms in total. The highest BCUT2D eigenvalue weighted by atomic mass is 16.3. The molecule has 20 heavy (non-hydrogen) atoms. The summed E-state index contributed by atoms with van der Waals surface area (Å²) in [6.07, 6.45) is 3.93. The first-order valence-corrected chi connectivity index (χ1v) is 7.37. The fourth-order valence-corrected chi connectivity index (χ4v) is 3.10. The van der Waals surface area contributed by atoms with Crippen LogP contribution in [0.25, 0.3) is 0 Å². The molecule has 1 fully saturated rings. The Kier molecular flexibility index (Phi) is 4.65. The molecule has 1 aromatic carbocycles. The Morgan fingerprint density at radius 1 is 1.40 bits per heavy atom. The van der Waals surface area contributed by atoms with Crippen molar-refractivity contribution in [3.05, 3.63) is 24.3 Å². The summed E-state index contributed by atoms with van der Waals surface area (Å²) in [5.74, 6) is 0.398. The van der Waals surface area contributed by atoms with Gasteiger partial charge in [0.25, 0.3) is 0 Å². The van der Waals surface area contributed by atoms with Crippen molar-refractivity contribution in [2.45, 2.75) is 32.6 Å². The lowest BCUT2D eigenvalue weighted by molar-refractivity contribution is -0.129. The van der Waals surface area contributed by atoms with Gasteiger partial charge in [-0.1, -0.05) is 13.3 Å². The monoisotopic (exact) mass is 276 g/mol. The van der Waals surface area contributed by atoms with Crippen molar-refractivity contribution >= 4 is 11.6 Å². The number of nitrogens with one attached hydrogen (secondary N) is 1. The molecule has 1 atom stereocenters. The van der Waals surface area contributed by atoms with E-state index in [0.717, 1.165) is 44.5 Å². The van der Waals surface area contributed by atoms with Crippen molar-refractivity contribution in [3.8, 4) is 5.75 Å². The summed E-state index contributed by atoms with van der Waals surface area (Å²) in [5, 5.41) is 12.7. The Morgan fingerprint density at radius 3 is 2.65 bits per heavy atom. The number of piperidine rings is 1. The van der Waals surface area contributed by atoms with Gasteiger partial charge in [0.15, 0.2) is 0 Å². The van der Waals surface area contributed by atoms with E-state index in [1.54, 1.807) is 29.2 Å². The first kappa shape index (κ1) is 14.9. The van der Waals surface area contributed by atoms with E-state index in [0.29, 0.717) is 0 Å². The van der Waals surface area contributed by atoms with E-state index in [9.17, 15) is 9.90 Å². The van der Waals surface area contributed by atoms with Gasteiger partial charge in [0.05, 0.1) is 5.41 Å². The summed E-state index contributed by atoms with van der Waals surface area (Å²) in [7, 11) is 1.82. The summed E-state index contributed by atoms with van der Waals surface area (Å²) in [6.45, 7) is 3.90. The van der Waals surface area contributed by atoms with Crippen LogP contribution in [0.15, 0.2) is 24.3 Å². The van der Waals surface area contributed by atoms with Gasteiger partial charge in [0.2, 0.25) is 5.91 Å². The van der Waals surface area contributed by atoms with E-state index in [2.05, 4.69) is 12.2 Å². The van der Waals surface area contributed by atoms with Crippen molar-refractivity contribution in [1.82, 2.24) is 5.32 Å². The minimum Gasteiger partial charge on any atom is -0.508 e. The lowest BCUT2D eigenvalue weighted by Gasteiger charge is -2.39. The van der Waals surface area contributed by atoms with Gasteiger partial charge in [-0.15, -0.1) is 0 Å². The molecule has 0 aromatic heterocycles. The van der Waals surface area contributed by atoms with Gasteiger partial charge < -0.3 is 15.3 Å². The number of hydrogen-bond acceptors (Lipinski definition) is 3. The Bertz CT molecular complexity index is 445. The van der Waals surface area contributed by atoms with Crippen molar-refractivity contribution in [3.63, 3.8) is 0 Å². The standard InChI is InChI=1S/C16H24N2O2/c1-3-9-16(10-4-11-17-12-16)15(20)18(2)13-5-7-14(19)8-6-13/h5-8,17,19H,3-4,9-12H2,1-2H3. The molecule has 110 valence electrons. The largest absolute Gasteiger partial charge is 0.508 e.